The highest BCUT2D eigenvalue weighted by Crippen LogP contribution is 2.29. The standard InChI is InChI=1S/C19H21NO/c1-19(2,3)16-9-5-6-10-17(16)20-13-15-12-14-8-4-7-11-18(14)21-15/h4-12,20H,13H2,1-3H3. The Bertz CT molecular complexity index is 716. The molecule has 2 aromatic carbocycles. The summed E-state index contributed by atoms with van der Waals surface area (Å²) >= 11 is 0. The van der Waals surface area contributed by atoms with Crippen molar-refractivity contribution >= 4 is 16.7 Å². The Morgan fingerprint density at radius 2 is 1.67 bits per heavy atom. The van der Waals surface area contributed by atoms with Crippen LogP contribution in [0, 0.1) is 0 Å². The molecule has 1 heterocycles. The molecule has 108 valence electrons. The van der Waals surface area contributed by atoms with Crippen LogP contribution < -0.4 is 5.32 Å². The van der Waals surface area contributed by atoms with Crippen LogP contribution in [0.1, 0.15) is 32.1 Å². The summed E-state index contributed by atoms with van der Waals surface area (Å²) in [4.78, 5) is 0. The molecule has 3 rings (SSSR count). The zero-order valence-electron chi connectivity index (χ0n) is 12.8. The van der Waals surface area contributed by atoms with E-state index in [0.29, 0.717) is 6.54 Å². The number of para-hydroxylation sites is 2. The van der Waals surface area contributed by atoms with Crippen molar-refractivity contribution in [1.82, 2.24) is 0 Å². The maximum atomic E-state index is 5.85. The van der Waals surface area contributed by atoms with Crippen molar-refractivity contribution in [3.8, 4) is 0 Å². The molecular formula is C19H21NO. The van der Waals surface area contributed by atoms with E-state index in [1.165, 1.54) is 11.3 Å². The van der Waals surface area contributed by atoms with Crippen molar-refractivity contribution in [3.63, 3.8) is 0 Å². The number of furan rings is 1. The Morgan fingerprint density at radius 1 is 0.952 bits per heavy atom. The van der Waals surface area contributed by atoms with Crippen LogP contribution in [0.5, 0.6) is 0 Å². The van der Waals surface area contributed by atoms with Gasteiger partial charge in [0.1, 0.15) is 11.3 Å². The number of hydrogen-bond donors (Lipinski definition) is 1. The van der Waals surface area contributed by atoms with Crippen molar-refractivity contribution in [2.75, 3.05) is 5.32 Å². The quantitative estimate of drug-likeness (QED) is 0.699. The minimum Gasteiger partial charge on any atom is -0.459 e. The lowest BCUT2D eigenvalue weighted by Crippen LogP contribution is -2.14. The van der Waals surface area contributed by atoms with Gasteiger partial charge in [-0.3, -0.25) is 0 Å². The van der Waals surface area contributed by atoms with Crippen molar-refractivity contribution in [1.29, 1.82) is 0 Å². The molecule has 1 aromatic heterocycles. The molecule has 2 heteroatoms. The molecule has 0 aliphatic carbocycles. The molecule has 0 amide bonds. The van der Waals surface area contributed by atoms with Gasteiger partial charge in [0, 0.05) is 11.1 Å². The molecule has 0 radical (unpaired) electrons. The van der Waals surface area contributed by atoms with E-state index in [2.05, 4.69) is 62.5 Å². The lowest BCUT2D eigenvalue weighted by molar-refractivity contribution is 0.557. The molecule has 0 saturated heterocycles. The summed E-state index contributed by atoms with van der Waals surface area (Å²) in [6, 6.07) is 18.7. The highest BCUT2D eigenvalue weighted by Gasteiger charge is 2.17. The van der Waals surface area contributed by atoms with Crippen LogP contribution in [0.15, 0.2) is 59.0 Å². The Hall–Kier alpha value is -2.22. The summed E-state index contributed by atoms with van der Waals surface area (Å²) in [5, 5.41) is 4.65. The van der Waals surface area contributed by atoms with E-state index >= 15 is 0 Å². The topological polar surface area (TPSA) is 25.2 Å². The molecule has 0 fully saturated rings. The van der Waals surface area contributed by atoms with Crippen LogP contribution in [0.2, 0.25) is 0 Å². The molecule has 3 aromatic rings. The summed E-state index contributed by atoms with van der Waals surface area (Å²) in [7, 11) is 0. The fourth-order valence-corrected chi connectivity index (χ4v) is 2.60. The summed E-state index contributed by atoms with van der Waals surface area (Å²) in [6.45, 7) is 7.39. The number of nitrogens with one attached hydrogen (secondary N) is 1. The number of fused-ring (bicyclic) bond motifs is 1. The molecule has 0 atom stereocenters. The van der Waals surface area contributed by atoms with E-state index in [1.807, 2.05) is 18.2 Å². The molecule has 21 heavy (non-hydrogen) atoms. The van der Waals surface area contributed by atoms with Gasteiger partial charge in [0.2, 0.25) is 0 Å². The van der Waals surface area contributed by atoms with Crippen molar-refractivity contribution in [3.05, 3.63) is 65.9 Å². The Morgan fingerprint density at radius 3 is 2.43 bits per heavy atom. The number of rotatable bonds is 3. The summed E-state index contributed by atoms with van der Waals surface area (Å²) in [5.41, 5.74) is 3.56. The maximum absolute atomic E-state index is 5.85. The predicted octanol–water partition coefficient (Wildman–Crippen LogP) is 5.34. The minimum atomic E-state index is 0.122. The van der Waals surface area contributed by atoms with E-state index in [1.54, 1.807) is 0 Å². The van der Waals surface area contributed by atoms with Gasteiger partial charge in [-0.15, -0.1) is 0 Å². The third-order valence-electron chi connectivity index (χ3n) is 3.66. The second kappa shape index (κ2) is 5.28. The Balaban J connectivity index is 1.82. The van der Waals surface area contributed by atoms with Crippen LogP contribution in [0.25, 0.3) is 11.0 Å². The highest BCUT2D eigenvalue weighted by atomic mass is 16.3. The lowest BCUT2D eigenvalue weighted by Gasteiger charge is -2.23. The second-order valence-electron chi connectivity index (χ2n) is 6.40. The van der Waals surface area contributed by atoms with Gasteiger partial charge in [-0.1, -0.05) is 57.2 Å². The van der Waals surface area contributed by atoms with Crippen LogP contribution in [-0.4, -0.2) is 0 Å². The van der Waals surface area contributed by atoms with Crippen molar-refractivity contribution < 1.29 is 4.42 Å². The van der Waals surface area contributed by atoms with Gasteiger partial charge in [-0.05, 0) is 29.2 Å². The third kappa shape index (κ3) is 2.94. The summed E-state index contributed by atoms with van der Waals surface area (Å²) < 4.78 is 5.85. The smallest absolute Gasteiger partial charge is 0.134 e. The molecule has 0 aliphatic rings. The van der Waals surface area contributed by atoms with Crippen molar-refractivity contribution in [2.45, 2.75) is 32.7 Å². The average molecular weight is 279 g/mol. The Labute approximate surface area is 125 Å². The molecule has 0 bridgehead atoms. The van der Waals surface area contributed by atoms with E-state index in [9.17, 15) is 0 Å². The zero-order valence-corrected chi connectivity index (χ0v) is 12.8. The molecule has 0 spiro atoms. The van der Waals surface area contributed by atoms with Crippen LogP contribution >= 0.6 is 0 Å². The first-order chi connectivity index (χ1) is 10.0. The largest absolute Gasteiger partial charge is 0.459 e. The Kier molecular flexibility index (Phi) is 3.46. The van der Waals surface area contributed by atoms with E-state index in [0.717, 1.165) is 16.7 Å². The third-order valence-corrected chi connectivity index (χ3v) is 3.66. The first kappa shape index (κ1) is 13.7. The number of anilines is 1. The first-order valence-corrected chi connectivity index (χ1v) is 7.35. The maximum Gasteiger partial charge on any atom is 0.134 e. The van der Waals surface area contributed by atoms with E-state index in [-0.39, 0.29) is 5.41 Å². The van der Waals surface area contributed by atoms with Gasteiger partial charge in [0.05, 0.1) is 6.54 Å². The van der Waals surface area contributed by atoms with Gasteiger partial charge in [0.25, 0.3) is 0 Å². The summed E-state index contributed by atoms with van der Waals surface area (Å²) in [6.07, 6.45) is 0. The van der Waals surface area contributed by atoms with E-state index in [4.69, 9.17) is 4.42 Å². The van der Waals surface area contributed by atoms with Crippen LogP contribution in [0.4, 0.5) is 5.69 Å². The molecule has 0 unspecified atom stereocenters. The van der Waals surface area contributed by atoms with Crippen molar-refractivity contribution in [2.24, 2.45) is 0 Å². The lowest BCUT2D eigenvalue weighted by atomic mass is 9.86. The molecule has 0 aliphatic heterocycles. The molecular weight excluding hydrogens is 258 g/mol. The zero-order chi connectivity index (χ0) is 14.9. The van der Waals surface area contributed by atoms with Gasteiger partial charge in [-0.25, -0.2) is 0 Å². The fourth-order valence-electron chi connectivity index (χ4n) is 2.60. The van der Waals surface area contributed by atoms with Gasteiger partial charge in [-0.2, -0.15) is 0 Å². The monoisotopic (exact) mass is 279 g/mol. The number of benzene rings is 2. The van der Waals surface area contributed by atoms with Gasteiger partial charge < -0.3 is 9.73 Å². The predicted molar refractivity (Wildman–Crippen MR) is 88.7 cm³/mol. The van der Waals surface area contributed by atoms with Gasteiger partial charge >= 0.3 is 0 Å². The minimum absolute atomic E-state index is 0.122. The SMILES string of the molecule is CC(C)(C)c1ccccc1NCc1cc2ccccc2o1. The highest BCUT2D eigenvalue weighted by molar-refractivity contribution is 5.77. The second-order valence-corrected chi connectivity index (χ2v) is 6.40. The molecule has 0 saturated carbocycles. The van der Waals surface area contributed by atoms with Gasteiger partial charge in [0.15, 0.2) is 0 Å². The molecule has 1 N–H and O–H groups in total. The van der Waals surface area contributed by atoms with E-state index < -0.39 is 0 Å². The van der Waals surface area contributed by atoms with Crippen LogP contribution in [0.3, 0.4) is 0 Å². The average Bonchev–Trinajstić information content (AvgIpc) is 2.87. The number of hydrogen-bond acceptors (Lipinski definition) is 2. The molecule has 2 nitrogen and oxygen atoms in total. The summed E-state index contributed by atoms with van der Waals surface area (Å²) in [5.74, 6) is 0.958. The fraction of sp³-hybridized carbons (Fsp3) is 0.263. The first-order valence-electron chi connectivity index (χ1n) is 7.35. The normalized spacial score (nSPS) is 11.8. The van der Waals surface area contributed by atoms with Crippen LogP contribution in [-0.2, 0) is 12.0 Å².